The molecule has 1 rings (SSSR count). The minimum Gasteiger partial charge on any atom is -0.383 e. The number of methoxy groups -OCH3 is 1. The molecule has 0 fully saturated rings. The fourth-order valence-corrected chi connectivity index (χ4v) is 1.93. The molecule has 0 saturated heterocycles. The van der Waals surface area contributed by atoms with E-state index in [1.165, 1.54) is 9.80 Å². The van der Waals surface area contributed by atoms with Crippen LogP contribution in [0.4, 0.5) is 0 Å². The third kappa shape index (κ3) is 5.83. The summed E-state index contributed by atoms with van der Waals surface area (Å²) in [5.74, 6) is -0.277. The van der Waals surface area contributed by atoms with Gasteiger partial charge < -0.3 is 20.3 Å². The third-order valence-electron chi connectivity index (χ3n) is 3.37. The van der Waals surface area contributed by atoms with Gasteiger partial charge in [0, 0.05) is 40.2 Å². The van der Waals surface area contributed by atoms with Crippen LogP contribution in [0.3, 0.4) is 0 Å². The molecule has 1 aromatic carbocycles. The molecule has 0 aliphatic carbocycles. The Labute approximate surface area is 131 Å². The summed E-state index contributed by atoms with van der Waals surface area (Å²) in [5.41, 5.74) is 6.98. The second kappa shape index (κ2) is 9.17. The highest BCUT2D eigenvalue weighted by Gasteiger charge is 2.20. The maximum atomic E-state index is 12.4. The van der Waals surface area contributed by atoms with Crippen molar-refractivity contribution in [1.82, 2.24) is 9.80 Å². The summed E-state index contributed by atoms with van der Waals surface area (Å²) in [6.07, 6.45) is 0.161. The molecule has 1 unspecified atom stereocenters. The first-order chi connectivity index (χ1) is 10.5. The predicted molar refractivity (Wildman–Crippen MR) is 85.1 cm³/mol. The van der Waals surface area contributed by atoms with Gasteiger partial charge in [-0.3, -0.25) is 9.59 Å². The normalized spacial score (nSPS) is 11.8. The molecule has 0 radical (unpaired) electrons. The van der Waals surface area contributed by atoms with Crippen molar-refractivity contribution in [2.24, 2.45) is 5.73 Å². The molecule has 0 bridgehead atoms. The third-order valence-corrected chi connectivity index (χ3v) is 3.37. The Bertz CT molecular complexity index is 477. The van der Waals surface area contributed by atoms with Gasteiger partial charge in [0.2, 0.25) is 11.8 Å². The minimum atomic E-state index is -0.381. The van der Waals surface area contributed by atoms with E-state index in [9.17, 15) is 9.59 Å². The fraction of sp³-hybridized carbons (Fsp3) is 0.500. The number of amides is 2. The lowest BCUT2D eigenvalue weighted by atomic mass is 10.0. The summed E-state index contributed by atoms with van der Waals surface area (Å²) in [7, 11) is 4.89. The first-order valence-electron chi connectivity index (χ1n) is 7.23. The van der Waals surface area contributed by atoms with Crippen molar-refractivity contribution in [3.63, 3.8) is 0 Å². The first-order valence-corrected chi connectivity index (χ1v) is 7.23. The number of carbonyl (C=O) groups excluding carboxylic acids is 2. The Kier molecular flexibility index (Phi) is 7.56. The van der Waals surface area contributed by atoms with Crippen molar-refractivity contribution in [1.29, 1.82) is 0 Å². The largest absolute Gasteiger partial charge is 0.383 e. The Balaban J connectivity index is 2.68. The van der Waals surface area contributed by atoms with E-state index in [-0.39, 0.29) is 30.8 Å². The zero-order valence-corrected chi connectivity index (χ0v) is 13.5. The van der Waals surface area contributed by atoms with Gasteiger partial charge in [0.1, 0.15) is 0 Å². The second-order valence-corrected chi connectivity index (χ2v) is 5.32. The number of ether oxygens (including phenoxy) is 1. The van der Waals surface area contributed by atoms with Crippen LogP contribution >= 0.6 is 0 Å². The molecule has 122 valence electrons. The molecule has 0 heterocycles. The Morgan fingerprint density at radius 1 is 1.18 bits per heavy atom. The van der Waals surface area contributed by atoms with E-state index >= 15 is 0 Å². The highest BCUT2D eigenvalue weighted by molar-refractivity contribution is 5.84. The van der Waals surface area contributed by atoms with Crippen molar-refractivity contribution in [2.75, 3.05) is 40.9 Å². The van der Waals surface area contributed by atoms with Crippen LogP contribution in [0.1, 0.15) is 18.0 Å². The number of hydrogen-bond acceptors (Lipinski definition) is 4. The van der Waals surface area contributed by atoms with E-state index in [0.717, 1.165) is 5.56 Å². The SMILES string of the molecule is COCCN(CC(=O)N(C)C)C(=O)CC(N)c1ccccc1. The molecular formula is C16H25N3O3. The minimum absolute atomic E-state index is 0.0384. The van der Waals surface area contributed by atoms with Gasteiger partial charge in [-0.05, 0) is 5.56 Å². The average Bonchev–Trinajstić information content (AvgIpc) is 2.51. The van der Waals surface area contributed by atoms with Gasteiger partial charge in [0.05, 0.1) is 13.2 Å². The molecule has 0 aliphatic heterocycles. The average molecular weight is 307 g/mol. The predicted octanol–water partition coefficient (Wildman–Crippen LogP) is 0.640. The molecule has 6 nitrogen and oxygen atoms in total. The smallest absolute Gasteiger partial charge is 0.241 e. The van der Waals surface area contributed by atoms with E-state index in [1.807, 2.05) is 30.3 Å². The fourth-order valence-electron chi connectivity index (χ4n) is 1.93. The molecule has 6 heteroatoms. The number of hydrogen-bond donors (Lipinski definition) is 1. The van der Waals surface area contributed by atoms with Gasteiger partial charge in [-0.2, -0.15) is 0 Å². The molecule has 22 heavy (non-hydrogen) atoms. The van der Waals surface area contributed by atoms with Gasteiger partial charge in [0.25, 0.3) is 0 Å². The maximum Gasteiger partial charge on any atom is 0.241 e. The number of nitrogens with two attached hydrogens (primary N) is 1. The maximum absolute atomic E-state index is 12.4. The Morgan fingerprint density at radius 3 is 2.36 bits per heavy atom. The van der Waals surface area contributed by atoms with Crippen LogP contribution in [-0.4, -0.2) is 62.5 Å². The number of benzene rings is 1. The molecule has 0 aromatic heterocycles. The summed E-state index contributed by atoms with van der Waals surface area (Å²) in [4.78, 5) is 27.2. The lowest BCUT2D eigenvalue weighted by Crippen LogP contribution is -2.42. The van der Waals surface area contributed by atoms with Crippen molar-refractivity contribution < 1.29 is 14.3 Å². The summed E-state index contributed by atoms with van der Waals surface area (Å²) in [6, 6.07) is 9.08. The van der Waals surface area contributed by atoms with Gasteiger partial charge >= 0.3 is 0 Å². The second-order valence-electron chi connectivity index (χ2n) is 5.32. The molecular weight excluding hydrogens is 282 g/mol. The van der Waals surface area contributed by atoms with Crippen LogP contribution in [-0.2, 0) is 14.3 Å². The number of likely N-dealkylation sites (N-methyl/N-ethyl adjacent to an activating group) is 1. The van der Waals surface area contributed by atoms with E-state index in [4.69, 9.17) is 10.5 Å². The molecule has 1 atom stereocenters. The van der Waals surface area contributed by atoms with E-state index in [2.05, 4.69) is 0 Å². The zero-order chi connectivity index (χ0) is 16.5. The molecule has 0 saturated carbocycles. The topological polar surface area (TPSA) is 75.9 Å². The summed E-state index contributed by atoms with van der Waals surface area (Å²) in [6.45, 7) is 0.792. The van der Waals surface area contributed by atoms with E-state index < -0.39 is 0 Å². The standard InChI is InChI=1S/C16H25N3O3/c1-18(2)16(21)12-19(9-10-22-3)15(20)11-14(17)13-7-5-4-6-8-13/h4-8,14H,9-12,17H2,1-3H3. The summed E-state index contributed by atoms with van der Waals surface area (Å²) >= 11 is 0. The summed E-state index contributed by atoms with van der Waals surface area (Å²) in [5, 5.41) is 0. The lowest BCUT2D eigenvalue weighted by molar-refractivity contribution is -0.140. The lowest BCUT2D eigenvalue weighted by Gasteiger charge is -2.25. The number of nitrogens with zero attached hydrogens (tertiary/aromatic N) is 2. The van der Waals surface area contributed by atoms with Gasteiger partial charge in [-0.25, -0.2) is 0 Å². The van der Waals surface area contributed by atoms with Crippen molar-refractivity contribution in [3.8, 4) is 0 Å². The van der Waals surface area contributed by atoms with Crippen LogP contribution < -0.4 is 5.73 Å². The summed E-state index contributed by atoms with van der Waals surface area (Å²) < 4.78 is 5.00. The monoisotopic (exact) mass is 307 g/mol. The van der Waals surface area contributed by atoms with Crippen LogP contribution in [0.15, 0.2) is 30.3 Å². The van der Waals surface area contributed by atoms with Crippen molar-refractivity contribution in [2.45, 2.75) is 12.5 Å². The Hall–Kier alpha value is -1.92. The molecule has 0 aliphatic rings. The first kappa shape index (κ1) is 18.1. The van der Waals surface area contributed by atoms with Gasteiger partial charge in [0.15, 0.2) is 0 Å². The molecule has 2 amide bonds. The van der Waals surface area contributed by atoms with Crippen LogP contribution in [0.2, 0.25) is 0 Å². The van der Waals surface area contributed by atoms with E-state index in [1.54, 1.807) is 21.2 Å². The van der Waals surface area contributed by atoms with Crippen LogP contribution in [0.5, 0.6) is 0 Å². The molecule has 2 N–H and O–H groups in total. The highest BCUT2D eigenvalue weighted by Crippen LogP contribution is 2.14. The highest BCUT2D eigenvalue weighted by atomic mass is 16.5. The van der Waals surface area contributed by atoms with Crippen molar-refractivity contribution in [3.05, 3.63) is 35.9 Å². The van der Waals surface area contributed by atoms with Crippen LogP contribution in [0, 0.1) is 0 Å². The van der Waals surface area contributed by atoms with E-state index in [0.29, 0.717) is 13.2 Å². The molecule has 1 aromatic rings. The molecule has 0 spiro atoms. The zero-order valence-electron chi connectivity index (χ0n) is 13.5. The van der Waals surface area contributed by atoms with Crippen molar-refractivity contribution >= 4 is 11.8 Å². The van der Waals surface area contributed by atoms with Gasteiger partial charge in [-0.1, -0.05) is 30.3 Å². The Morgan fingerprint density at radius 2 is 1.82 bits per heavy atom. The number of carbonyl (C=O) groups is 2. The van der Waals surface area contributed by atoms with Gasteiger partial charge in [-0.15, -0.1) is 0 Å². The quantitative estimate of drug-likeness (QED) is 0.765. The van der Waals surface area contributed by atoms with Crippen LogP contribution in [0.25, 0.3) is 0 Å². The number of rotatable bonds is 8.